The first-order valence-electron chi connectivity index (χ1n) is 12.6. The van der Waals surface area contributed by atoms with E-state index in [1.807, 2.05) is 42.5 Å². The van der Waals surface area contributed by atoms with Crippen molar-refractivity contribution in [2.45, 2.75) is 32.6 Å². The highest BCUT2D eigenvalue weighted by Gasteiger charge is 2.19. The lowest BCUT2D eigenvalue weighted by Crippen LogP contribution is -1.97. The SMILES string of the molecule is CC[C@H](C)c1ccc2oc(-c3cccc(N=Cc4cc(Cc5ccccc5Cl)cc([N+](=O)[O-])c4O)c3)nc2c1. The Morgan fingerprint density at radius 3 is 2.69 bits per heavy atom. The number of phenolic OH excluding ortho intramolecular Hbond substituents is 1. The van der Waals surface area contributed by atoms with Gasteiger partial charge in [0.25, 0.3) is 0 Å². The van der Waals surface area contributed by atoms with Gasteiger partial charge in [-0.05, 0) is 77.9 Å². The highest BCUT2D eigenvalue weighted by Crippen LogP contribution is 2.33. The summed E-state index contributed by atoms with van der Waals surface area (Å²) >= 11 is 6.29. The van der Waals surface area contributed by atoms with Crippen LogP contribution in [-0.2, 0) is 6.42 Å². The molecule has 1 atom stereocenters. The zero-order valence-electron chi connectivity index (χ0n) is 21.5. The second-order valence-corrected chi connectivity index (χ2v) is 9.85. The molecule has 8 heteroatoms. The molecule has 0 saturated carbocycles. The van der Waals surface area contributed by atoms with Crippen molar-refractivity contribution >= 4 is 40.3 Å². The van der Waals surface area contributed by atoms with Gasteiger partial charge in [-0.3, -0.25) is 15.1 Å². The number of aromatic hydroxyl groups is 1. The van der Waals surface area contributed by atoms with Crippen LogP contribution in [0.3, 0.4) is 0 Å². The van der Waals surface area contributed by atoms with Crippen LogP contribution in [0.25, 0.3) is 22.6 Å². The lowest BCUT2D eigenvalue weighted by Gasteiger charge is -2.08. The van der Waals surface area contributed by atoms with Gasteiger partial charge in [0.15, 0.2) is 5.58 Å². The van der Waals surface area contributed by atoms with E-state index in [2.05, 4.69) is 36.0 Å². The quantitative estimate of drug-likeness (QED) is 0.121. The van der Waals surface area contributed by atoms with Gasteiger partial charge in [0, 0.05) is 28.4 Å². The molecule has 7 nitrogen and oxygen atoms in total. The highest BCUT2D eigenvalue weighted by molar-refractivity contribution is 6.31. The van der Waals surface area contributed by atoms with Crippen LogP contribution in [-0.4, -0.2) is 21.2 Å². The van der Waals surface area contributed by atoms with E-state index >= 15 is 0 Å². The minimum absolute atomic E-state index is 0.232. The van der Waals surface area contributed by atoms with Crippen molar-refractivity contribution in [3.8, 4) is 17.2 Å². The molecule has 0 radical (unpaired) electrons. The number of nitro benzene ring substituents is 1. The Morgan fingerprint density at radius 1 is 1.10 bits per heavy atom. The molecular formula is C31H26ClN3O4. The molecule has 0 amide bonds. The average molecular weight is 540 g/mol. The van der Waals surface area contributed by atoms with Crippen LogP contribution in [0.1, 0.15) is 48.4 Å². The van der Waals surface area contributed by atoms with Gasteiger partial charge >= 0.3 is 5.69 Å². The Hall–Kier alpha value is -4.49. The Morgan fingerprint density at radius 2 is 1.92 bits per heavy atom. The van der Waals surface area contributed by atoms with Crippen LogP contribution < -0.4 is 0 Å². The maximum Gasteiger partial charge on any atom is 0.311 e. The number of aromatic nitrogens is 1. The third-order valence-corrected chi connectivity index (χ3v) is 7.14. The number of hydrogen-bond donors (Lipinski definition) is 1. The molecule has 5 aromatic rings. The molecule has 196 valence electrons. The first-order valence-corrected chi connectivity index (χ1v) is 13.0. The van der Waals surface area contributed by atoms with Gasteiger partial charge in [-0.15, -0.1) is 0 Å². The normalized spacial score (nSPS) is 12.3. The lowest BCUT2D eigenvalue weighted by atomic mass is 9.98. The number of benzene rings is 4. The summed E-state index contributed by atoms with van der Waals surface area (Å²) in [6.07, 6.45) is 2.83. The molecule has 0 aliphatic rings. The molecule has 0 bridgehead atoms. The van der Waals surface area contributed by atoms with Gasteiger partial charge in [-0.1, -0.05) is 55.8 Å². The van der Waals surface area contributed by atoms with E-state index in [0.717, 1.165) is 23.1 Å². The van der Waals surface area contributed by atoms with Crippen molar-refractivity contribution < 1.29 is 14.4 Å². The van der Waals surface area contributed by atoms with Crippen LogP contribution in [0.15, 0.2) is 88.3 Å². The predicted octanol–water partition coefficient (Wildman–Crippen LogP) is 8.62. The van der Waals surface area contributed by atoms with E-state index in [4.69, 9.17) is 16.0 Å². The summed E-state index contributed by atoms with van der Waals surface area (Å²) in [4.78, 5) is 20.2. The van der Waals surface area contributed by atoms with E-state index in [0.29, 0.717) is 40.1 Å². The number of oxazole rings is 1. The number of rotatable bonds is 8. The summed E-state index contributed by atoms with van der Waals surface area (Å²) in [6.45, 7) is 4.34. The first-order chi connectivity index (χ1) is 18.8. The topological polar surface area (TPSA) is 102 Å². The van der Waals surface area contributed by atoms with Gasteiger partial charge < -0.3 is 9.52 Å². The third-order valence-electron chi connectivity index (χ3n) is 6.77. The van der Waals surface area contributed by atoms with Crippen LogP contribution in [0.2, 0.25) is 5.02 Å². The van der Waals surface area contributed by atoms with Crippen LogP contribution in [0, 0.1) is 10.1 Å². The number of fused-ring (bicyclic) bond motifs is 1. The molecule has 39 heavy (non-hydrogen) atoms. The van der Waals surface area contributed by atoms with E-state index in [-0.39, 0.29) is 5.56 Å². The average Bonchev–Trinajstić information content (AvgIpc) is 3.37. The highest BCUT2D eigenvalue weighted by atomic mass is 35.5. The fourth-order valence-corrected chi connectivity index (χ4v) is 4.58. The summed E-state index contributed by atoms with van der Waals surface area (Å²) in [5, 5.41) is 22.8. The van der Waals surface area contributed by atoms with Crippen LogP contribution in [0.4, 0.5) is 11.4 Å². The third kappa shape index (κ3) is 5.68. The maximum absolute atomic E-state index is 11.6. The molecule has 1 heterocycles. The summed E-state index contributed by atoms with van der Waals surface area (Å²) in [5.74, 6) is 0.463. The standard InChI is InChI=1S/C31H26ClN3O4/c1-3-19(2)21-11-12-29-27(17-21)34-31(39-29)23-8-6-9-25(16-23)33-18-24-14-20(15-28(30(24)36)35(37)38)13-22-7-4-5-10-26(22)32/h4-12,14-19,36H,3,13H2,1-2H3/t19-/m0/s1. The Labute approximate surface area is 230 Å². The molecular weight excluding hydrogens is 514 g/mol. The molecule has 0 fully saturated rings. The number of nitro groups is 1. The van der Waals surface area contributed by atoms with Gasteiger partial charge in [0.2, 0.25) is 11.6 Å². The minimum atomic E-state index is -0.608. The summed E-state index contributed by atoms with van der Waals surface area (Å²) in [5.41, 5.74) is 5.34. The summed E-state index contributed by atoms with van der Waals surface area (Å²) in [6, 6.07) is 23.7. The lowest BCUT2D eigenvalue weighted by molar-refractivity contribution is -0.385. The predicted molar refractivity (Wildman–Crippen MR) is 154 cm³/mol. The largest absolute Gasteiger partial charge is 0.502 e. The van der Waals surface area contributed by atoms with E-state index in [1.54, 1.807) is 18.2 Å². The van der Waals surface area contributed by atoms with Crippen molar-refractivity contribution in [2.75, 3.05) is 0 Å². The number of hydrogen-bond acceptors (Lipinski definition) is 6. The minimum Gasteiger partial charge on any atom is -0.502 e. The molecule has 5 rings (SSSR count). The van der Waals surface area contributed by atoms with Crippen molar-refractivity contribution in [1.29, 1.82) is 0 Å². The van der Waals surface area contributed by atoms with E-state index in [9.17, 15) is 15.2 Å². The van der Waals surface area contributed by atoms with Crippen molar-refractivity contribution in [2.24, 2.45) is 4.99 Å². The van der Waals surface area contributed by atoms with Gasteiger partial charge in [0.05, 0.1) is 10.6 Å². The molecule has 1 aromatic heterocycles. The van der Waals surface area contributed by atoms with E-state index in [1.165, 1.54) is 17.8 Å². The summed E-state index contributed by atoms with van der Waals surface area (Å²) in [7, 11) is 0. The van der Waals surface area contributed by atoms with Gasteiger partial charge in [-0.25, -0.2) is 4.98 Å². The summed E-state index contributed by atoms with van der Waals surface area (Å²) < 4.78 is 5.99. The van der Waals surface area contributed by atoms with Crippen LogP contribution >= 0.6 is 11.6 Å². The van der Waals surface area contributed by atoms with E-state index < -0.39 is 16.4 Å². The number of phenols is 1. The van der Waals surface area contributed by atoms with Crippen molar-refractivity contribution in [3.63, 3.8) is 0 Å². The Bertz CT molecular complexity index is 1710. The van der Waals surface area contributed by atoms with Crippen molar-refractivity contribution in [1.82, 2.24) is 4.98 Å². The number of nitrogens with zero attached hydrogens (tertiary/aromatic N) is 3. The number of halogens is 1. The first kappa shape index (κ1) is 26.1. The van der Waals surface area contributed by atoms with Crippen molar-refractivity contribution in [3.05, 3.63) is 116 Å². The molecule has 1 N–H and O–H groups in total. The molecule has 0 aliphatic heterocycles. The fourth-order valence-electron chi connectivity index (χ4n) is 4.38. The monoisotopic (exact) mass is 539 g/mol. The maximum atomic E-state index is 11.6. The molecule has 0 unspecified atom stereocenters. The fraction of sp³-hybridized carbons (Fsp3) is 0.161. The molecule has 0 spiro atoms. The molecule has 0 aliphatic carbocycles. The molecule has 4 aromatic carbocycles. The zero-order valence-corrected chi connectivity index (χ0v) is 22.2. The second kappa shape index (κ2) is 11.1. The second-order valence-electron chi connectivity index (χ2n) is 9.44. The van der Waals surface area contributed by atoms with Crippen LogP contribution in [0.5, 0.6) is 5.75 Å². The number of aliphatic imine (C=N–C) groups is 1. The molecule has 0 saturated heterocycles. The zero-order chi connectivity index (χ0) is 27.5. The smallest absolute Gasteiger partial charge is 0.311 e. The Kier molecular flexibility index (Phi) is 7.43. The van der Waals surface area contributed by atoms with Gasteiger partial charge in [0.1, 0.15) is 5.52 Å². The Balaban J connectivity index is 1.45. The van der Waals surface area contributed by atoms with Gasteiger partial charge in [-0.2, -0.15) is 0 Å².